The van der Waals surface area contributed by atoms with Gasteiger partial charge in [-0.05, 0) is 18.6 Å². The molecule has 3 heteroatoms. The average molecular weight is 263 g/mol. The fourth-order valence-electron chi connectivity index (χ4n) is 0.959. The molecule has 0 aliphatic rings. The molecule has 11 heavy (non-hydrogen) atoms. The van der Waals surface area contributed by atoms with Crippen LogP contribution in [0.2, 0.25) is 0 Å². The molecule has 0 heterocycles. The van der Waals surface area contributed by atoms with Crippen LogP contribution in [0.1, 0.15) is 5.56 Å². The van der Waals surface area contributed by atoms with Gasteiger partial charge in [0.2, 0.25) is 0 Å². The summed E-state index contributed by atoms with van der Waals surface area (Å²) in [7, 11) is 0. The minimum atomic E-state index is 0.307. The fourth-order valence-corrected chi connectivity index (χ4v) is 1.50. The second-order valence-corrected chi connectivity index (χ2v) is 3.36. The second-order valence-electron chi connectivity index (χ2n) is 2.28. The Morgan fingerprint density at radius 1 is 1.45 bits per heavy atom. The molecule has 3 N–H and O–H groups in total. The number of nitrogens with two attached hydrogens (primary N) is 1. The fraction of sp³-hybridized carbons (Fsp3) is 0.250. The average Bonchev–Trinajstić information content (AvgIpc) is 1.97. The minimum Gasteiger partial charge on any atom is -0.508 e. The van der Waals surface area contributed by atoms with Crippen molar-refractivity contribution >= 4 is 28.3 Å². The number of hydrogen-bond acceptors (Lipinski definition) is 2. The molecular formula is C8H10INO. The van der Waals surface area contributed by atoms with Crippen LogP contribution in [0, 0.1) is 0 Å². The number of phenols is 1. The summed E-state index contributed by atoms with van der Waals surface area (Å²) in [6.45, 7) is 0. The lowest BCUT2D eigenvalue weighted by Crippen LogP contribution is -1.94. The first-order valence-corrected chi connectivity index (χ1v) is 4.90. The van der Waals surface area contributed by atoms with Gasteiger partial charge in [-0.1, -0.05) is 28.7 Å². The summed E-state index contributed by atoms with van der Waals surface area (Å²) < 4.78 is 0.972. The van der Waals surface area contributed by atoms with Crippen LogP contribution in [0.3, 0.4) is 0 Å². The molecule has 0 saturated heterocycles. The monoisotopic (exact) mass is 263 g/mol. The number of hydrogen-bond donors (Lipinski definition) is 2. The van der Waals surface area contributed by atoms with E-state index in [0.717, 1.165) is 16.4 Å². The quantitative estimate of drug-likeness (QED) is 0.486. The molecule has 0 aromatic heterocycles. The molecule has 0 aliphatic heterocycles. The van der Waals surface area contributed by atoms with Crippen LogP contribution in [-0.2, 0) is 6.42 Å². The molecule has 0 atom stereocenters. The Bertz CT molecular complexity index is 230. The van der Waals surface area contributed by atoms with Crippen LogP contribution >= 0.6 is 22.6 Å². The highest BCUT2D eigenvalue weighted by Crippen LogP contribution is 2.23. The minimum absolute atomic E-state index is 0.307. The van der Waals surface area contributed by atoms with Crippen molar-refractivity contribution in [1.29, 1.82) is 0 Å². The number of phenolic OH excluding ortho intramolecular Hbond substituents is 1. The third kappa shape index (κ3) is 1.99. The van der Waals surface area contributed by atoms with Crippen LogP contribution in [0.5, 0.6) is 5.75 Å². The summed E-state index contributed by atoms with van der Waals surface area (Å²) in [6, 6.07) is 5.22. The molecule has 1 aromatic rings. The van der Waals surface area contributed by atoms with E-state index >= 15 is 0 Å². The predicted octanol–water partition coefficient (Wildman–Crippen LogP) is 1.95. The van der Waals surface area contributed by atoms with Crippen molar-refractivity contribution in [3.8, 4) is 5.75 Å². The maximum atomic E-state index is 9.34. The molecule has 60 valence electrons. The van der Waals surface area contributed by atoms with E-state index in [1.165, 1.54) is 0 Å². The number of rotatable bonds is 2. The molecule has 0 saturated carbocycles. The van der Waals surface area contributed by atoms with Gasteiger partial charge in [-0.15, -0.1) is 0 Å². The molecule has 0 aliphatic carbocycles. The number of benzene rings is 1. The van der Waals surface area contributed by atoms with Crippen molar-refractivity contribution in [2.75, 3.05) is 10.2 Å². The standard InChI is InChI=1S/C8H10INO/c9-5-4-6-7(10)2-1-3-8(6)11/h1-3,11H,4-5,10H2. The van der Waals surface area contributed by atoms with Crippen molar-refractivity contribution in [3.05, 3.63) is 23.8 Å². The third-order valence-electron chi connectivity index (χ3n) is 1.53. The van der Waals surface area contributed by atoms with Gasteiger partial charge in [0.05, 0.1) is 0 Å². The van der Waals surface area contributed by atoms with Crippen molar-refractivity contribution in [3.63, 3.8) is 0 Å². The molecule has 0 unspecified atom stereocenters. The van der Waals surface area contributed by atoms with Gasteiger partial charge in [-0.2, -0.15) is 0 Å². The van der Waals surface area contributed by atoms with E-state index < -0.39 is 0 Å². The summed E-state index contributed by atoms with van der Waals surface area (Å²) in [5, 5.41) is 9.34. The molecule has 0 bridgehead atoms. The van der Waals surface area contributed by atoms with Gasteiger partial charge in [0, 0.05) is 15.7 Å². The van der Waals surface area contributed by atoms with Crippen LogP contribution in [0.15, 0.2) is 18.2 Å². The van der Waals surface area contributed by atoms with Gasteiger partial charge in [-0.25, -0.2) is 0 Å². The largest absolute Gasteiger partial charge is 0.508 e. The van der Waals surface area contributed by atoms with E-state index in [0.29, 0.717) is 11.4 Å². The summed E-state index contributed by atoms with van der Waals surface area (Å²) in [5.74, 6) is 0.307. The SMILES string of the molecule is Nc1cccc(O)c1CCI. The van der Waals surface area contributed by atoms with E-state index in [-0.39, 0.29) is 0 Å². The number of halogens is 1. The predicted molar refractivity (Wildman–Crippen MR) is 55.1 cm³/mol. The van der Waals surface area contributed by atoms with Gasteiger partial charge in [0.25, 0.3) is 0 Å². The van der Waals surface area contributed by atoms with Crippen molar-refractivity contribution in [2.24, 2.45) is 0 Å². The maximum Gasteiger partial charge on any atom is 0.120 e. The van der Waals surface area contributed by atoms with E-state index in [1.54, 1.807) is 18.2 Å². The van der Waals surface area contributed by atoms with Gasteiger partial charge >= 0.3 is 0 Å². The van der Waals surface area contributed by atoms with E-state index in [4.69, 9.17) is 5.73 Å². The van der Waals surface area contributed by atoms with Gasteiger partial charge in [0.1, 0.15) is 5.75 Å². The highest BCUT2D eigenvalue weighted by molar-refractivity contribution is 14.1. The highest BCUT2D eigenvalue weighted by atomic mass is 127. The zero-order valence-corrected chi connectivity index (χ0v) is 8.21. The first kappa shape index (κ1) is 8.64. The maximum absolute atomic E-state index is 9.34. The van der Waals surface area contributed by atoms with Crippen LogP contribution in [0.25, 0.3) is 0 Å². The Morgan fingerprint density at radius 3 is 2.73 bits per heavy atom. The lowest BCUT2D eigenvalue weighted by Gasteiger charge is -2.04. The smallest absolute Gasteiger partial charge is 0.120 e. The first-order chi connectivity index (χ1) is 5.25. The summed E-state index contributed by atoms with van der Waals surface area (Å²) >= 11 is 2.26. The van der Waals surface area contributed by atoms with Gasteiger partial charge in [0.15, 0.2) is 0 Å². The topological polar surface area (TPSA) is 46.2 Å². The van der Waals surface area contributed by atoms with Crippen molar-refractivity contribution < 1.29 is 5.11 Å². The summed E-state index contributed by atoms with van der Waals surface area (Å²) in [5.41, 5.74) is 7.19. The van der Waals surface area contributed by atoms with Crippen molar-refractivity contribution in [2.45, 2.75) is 6.42 Å². The Labute approximate surface area is 79.6 Å². The molecule has 0 amide bonds. The Morgan fingerprint density at radius 2 is 2.18 bits per heavy atom. The molecule has 2 nitrogen and oxygen atoms in total. The van der Waals surface area contributed by atoms with E-state index in [9.17, 15) is 5.11 Å². The molecular weight excluding hydrogens is 253 g/mol. The van der Waals surface area contributed by atoms with Gasteiger partial charge in [-0.3, -0.25) is 0 Å². The molecule has 1 rings (SSSR count). The van der Waals surface area contributed by atoms with E-state index in [1.807, 2.05) is 0 Å². The number of nitrogen functional groups attached to an aromatic ring is 1. The third-order valence-corrected chi connectivity index (χ3v) is 2.07. The summed E-state index contributed by atoms with van der Waals surface area (Å²) in [6.07, 6.45) is 0.832. The zero-order chi connectivity index (χ0) is 8.27. The Hall–Kier alpha value is -0.450. The Kier molecular flexibility index (Phi) is 2.99. The lowest BCUT2D eigenvalue weighted by atomic mass is 10.1. The Balaban J connectivity index is 3.00. The normalized spacial score (nSPS) is 9.91. The first-order valence-electron chi connectivity index (χ1n) is 3.38. The van der Waals surface area contributed by atoms with Crippen molar-refractivity contribution in [1.82, 2.24) is 0 Å². The molecule has 0 spiro atoms. The highest BCUT2D eigenvalue weighted by Gasteiger charge is 2.02. The summed E-state index contributed by atoms with van der Waals surface area (Å²) in [4.78, 5) is 0. The number of alkyl halides is 1. The second kappa shape index (κ2) is 3.80. The zero-order valence-electron chi connectivity index (χ0n) is 6.05. The number of aromatic hydroxyl groups is 1. The van der Waals surface area contributed by atoms with Gasteiger partial charge < -0.3 is 10.8 Å². The molecule has 0 radical (unpaired) electrons. The molecule has 0 fully saturated rings. The van der Waals surface area contributed by atoms with Crippen LogP contribution in [0.4, 0.5) is 5.69 Å². The lowest BCUT2D eigenvalue weighted by molar-refractivity contribution is 0.469. The van der Waals surface area contributed by atoms with Crippen LogP contribution in [-0.4, -0.2) is 9.53 Å². The number of anilines is 1. The van der Waals surface area contributed by atoms with Crippen LogP contribution < -0.4 is 5.73 Å². The molecule has 1 aromatic carbocycles. The van der Waals surface area contributed by atoms with E-state index in [2.05, 4.69) is 22.6 Å².